The first-order valence-electron chi connectivity index (χ1n) is 10.3. The summed E-state index contributed by atoms with van der Waals surface area (Å²) < 4.78 is 7.94. The van der Waals surface area contributed by atoms with Crippen LogP contribution in [0.2, 0.25) is 0 Å². The van der Waals surface area contributed by atoms with Crippen molar-refractivity contribution in [2.45, 2.75) is 50.7 Å². The maximum Gasteiger partial charge on any atom is 0.203 e. The Morgan fingerprint density at radius 1 is 0.964 bits per heavy atom. The summed E-state index contributed by atoms with van der Waals surface area (Å²) in [4.78, 5) is 2.07. The monoisotopic (exact) mass is 379 g/mol. The van der Waals surface area contributed by atoms with Crippen LogP contribution in [0, 0.1) is 10.8 Å². The molecule has 1 aromatic heterocycles. The van der Waals surface area contributed by atoms with E-state index in [4.69, 9.17) is 21.3 Å². The maximum absolute atomic E-state index is 8.62. The molecule has 4 N–H and O–H groups in total. The van der Waals surface area contributed by atoms with Gasteiger partial charge in [-0.3, -0.25) is 15.4 Å². The summed E-state index contributed by atoms with van der Waals surface area (Å²) in [5, 5.41) is 16.9. The second kappa shape index (κ2) is 8.19. The third kappa shape index (κ3) is 3.83. The Hall–Kier alpha value is -2.60. The average Bonchev–Trinajstić information content (AvgIpc) is 3.01. The Bertz CT molecular complexity index is 898. The molecule has 0 amide bonds. The highest BCUT2D eigenvalue weighted by molar-refractivity contribution is 5.79. The van der Waals surface area contributed by atoms with Gasteiger partial charge in [0.05, 0.1) is 6.20 Å². The summed E-state index contributed by atoms with van der Waals surface area (Å²) >= 11 is 0. The predicted octanol–water partition coefficient (Wildman–Crippen LogP) is 3.54. The zero-order chi connectivity index (χ0) is 19.5. The summed E-state index contributed by atoms with van der Waals surface area (Å²) in [5.74, 6) is 1.05. The van der Waals surface area contributed by atoms with Gasteiger partial charge in [0.1, 0.15) is 17.3 Å². The van der Waals surface area contributed by atoms with Crippen LogP contribution in [-0.4, -0.2) is 28.5 Å². The van der Waals surface area contributed by atoms with Crippen LogP contribution in [0.15, 0.2) is 42.6 Å². The molecule has 2 aromatic rings. The van der Waals surface area contributed by atoms with E-state index in [9.17, 15) is 0 Å². The lowest BCUT2D eigenvalue weighted by Gasteiger charge is -2.30. The van der Waals surface area contributed by atoms with Crippen LogP contribution in [-0.2, 0) is 0 Å². The normalized spacial score (nSPS) is 22.2. The molecule has 6 heteroatoms. The molecule has 0 saturated carbocycles. The second-order valence-corrected chi connectivity index (χ2v) is 7.76. The van der Waals surface area contributed by atoms with E-state index in [2.05, 4.69) is 17.0 Å². The van der Waals surface area contributed by atoms with Crippen LogP contribution in [0.5, 0.6) is 5.75 Å². The number of nitrogens with two attached hydrogens (primary N) is 1. The van der Waals surface area contributed by atoms with Gasteiger partial charge in [0.15, 0.2) is 0 Å². The van der Waals surface area contributed by atoms with Crippen molar-refractivity contribution in [3.63, 3.8) is 0 Å². The van der Waals surface area contributed by atoms with Crippen LogP contribution >= 0.6 is 0 Å². The van der Waals surface area contributed by atoms with Crippen LogP contribution < -0.4 is 16.0 Å². The number of ether oxygens (including phenoxy) is 1. The van der Waals surface area contributed by atoms with E-state index in [1.807, 2.05) is 18.2 Å². The molecular weight excluding hydrogens is 350 g/mol. The fourth-order valence-electron chi connectivity index (χ4n) is 4.23. The van der Waals surface area contributed by atoms with Crippen molar-refractivity contribution in [3.8, 4) is 5.75 Å². The van der Waals surface area contributed by atoms with Gasteiger partial charge >= 0.3 is 0 Å². The minimum atomic E-state index is -0.0478. The first kappa shape index (κ1) is 18.7. The third-order valence-corrected chi connectivity index (χ3v) is 5.82. The largest absolute Gasteiger partial charge is 0.484 e. The third-order valence-electron chi connectivity index (χ3n) is 5.82. The van der Waals surface area contributed by atoms with E-state index >= 15 is 0 Å². The molecule has 0 spiro atoms. The van der Waals surface area contributed by atoms with Gasteiger partial charge in [-0.1, -0.05) is 37.1 Å². The molecule has 1 aromatic carbocycles. The van der Waals surface area contributed by atoms with Gasteiger partial charge in [-0.05, 0) is 48.9 Å². The van der Waals surface area contributed by atoms with Crippen molar-refractivity contribution in [2.24, 2.45) is 5.73 Å². The molecule has 2 heterocycles. The van der Waals surface area contributed by atoms with Crippen molar-refractivity contribution in [2.75, 3.05) is 13.1 Å². The van der Waals surface area contributed by atoms with E-state index in [-0.39, 0.29) is 12.1 Å². The molecular formula is C22H29N5O. The van der Waals surface area contributed by atoms with E-state index < -0.39 is 0 Å². The number of nitrogens with zero attached hydrogens (tertiary/aromatic N) is 2. The number of pyridine rings is 1. The Morgan fingerprint density at radius 3 is 2.43 bits per heavy atom. The fraction of sp³-hybridized carbons (Fsp3) is 0.455. The highest BCUT2D eigenvalue weighted by Gasteiger charge is 2.26. The van der Waals surface area contributed by atoms with Gasteiger partial charge in [-0.15, -0.1) is 0 Å². The molecule has 2 aliphatic rings. The molecule has 0 bridgehead atoms. The van der Waals surface area contributed by atoms with Gasteiger partial charge in [-0.25, -0.2) is 0 Å². The number of benzene rings is 1. The molecule has 28 heavy (non-hydrogen) atoms. The lowest BCUT2D eigenvalue weighted by molar-refractivity contribution is 0.176. The minimum Gasteiger partial charge on any atom is -0.484 e. The summed E-state index contributed by atoms with van der Waals surface area (Å²) in [6, 6.07) is 11.8. The summed E-state index contributed by atoms with van der Waals surface area (Å²) in [5.41, 5.74) is 8.86. The molecule has 4 rings (SSSR count). The van der Waals surface area contributed by atoms with Crippen LogP contribution in [0.1, 0.15) is 61.8 Å². The molecule has 2 unspecified atom stereocenters. The number of hydrogen-bond acceptors (Lipinski definition) is 4. The number of rotatable bonds is 2. The quantitative estimate of drug-likeness (QED) is 0.550. The zero-order valence-electron chi connectivity index (χ0n) is 16.2. The SMILES string of the molecule is N=C(N1CCCCCC1)n1cc(OC2CCC(N)c3ccccc32)ccc1=N. The molecule has 1 aliphatic carbocycles. The maximum atomic E-state index is 8.62. The Morgan fingerprint density at radius 2 is 1.68 bits per heavy atom. The first-order valence-corrected chi connectivity index (χ1v) is 10.3. The second-order valence-electron chi connectivity index (χ2n) is 7.76. The van der Waals surface area contributed by atoms with Crippen LogP contribution in [0.3, 0.4) is 0 Å². The Balaban J connectivity index is 1.57. The lowest BCUT2D eigenvalue weighted by Crippen LogP contribution is -2.40. The number of likely N-dealkylation sites (tertiary alicyclic amines) is 1. The molecule has 0 radical (unpaired) electrons. The van der Waals surface area contributed by atoms with Gasteiger partial charge < -0.3 is 15.4 Å². The highest BCUT2D eigenvalue weighted by atomic mass is 16.5. The average molecular weight is 380 g/mol. The first-order chi connectivity index (χ1) is 13.6. The molecule has 6 nitrogen and oxygen atoms in total. The van der Waals surface area contributed by atoms with Gasteiger partial charge in [0.2, 0.25) is 5.96 Å². The van der Waals surface area contributed by atoms with Gasteiger partial charge in [0.25, 0.3) is 0 Å². The standard InChI is InChI=1S/C22H29N5O/c23-19-10-11-20(18-8-4-3-7-17(18)19)28-16-9-12-21(24)27(15-16)22(25)26-13-5-1-2-6-14-26/h3-4,7-9,12,15,19-20,24-25H,1-2,5-6,10-11,13-14,23H2. The fourth-order valence-corrected chi connectivity index (χ4v) is 4.23. The Labute approximate surface area is 166 Å². The van der Waals surface area contributed by atoms with E-state index in [1.165, 1.54) is 12.8 Å². The zero-order valence-corrected chi connectivity index (χ0v) is 16.2. The summed E-state index contributed by atoms with van der Waals surface area (Å²) in [6.07, 6.45) is 8.13. The topological polar surface area (TPSA) is 91.1 Å². The summed E-state index contributed by atoms with van der Waals surface area (Å²) in [7, 11) is 0. The molecule has 2 atom stereocenters. The van der Waals surface area contributed by atoms with Crippen LogP contribution in [0.4, 0.5) is 0 Å². The van der Waals surface area contributed by atoms with Crippen molar-refractivity contribution in [1.82, 2.24) is 9.47 Å². The van der Waals surface area contributed by atoms with E-state index in [1.54, 1.807) is 16.8 Å². The lowest BCUT2D eigenvalue weighted by atomic mass is 9.86. The number of fused-ring (bicyclic) bond motifs is 1. The smallest absolute Gasteiger partial charge is 0.203 e. The number of hydrogen-bond donors (Lipinski definition) is 3. The Kier molecular flexibility index (Phi) is 5.48. The van der Waals surface area contributed by atoms with E-state index in [0.717, 1.165) is 49.9 Å². The number of nitrogens with one attached hydrogen (secondary N) is 2. The number of aromatic nitrogens is 1. The summed E-state index contributed by atoms with van der Waals surface area (Å²) in [6.45, 7) is 1.76. The molecule has 1 saturated heterocycles. The van der Waals surface area contributed by atoms with Gasteiger partial charge in [-0.2, -0.15) is 0 Å². The minimum absolute atomic E-state index is 0.0478. The van der Waals surface area contributed by atoms with Crippen molar-refractivity contribution < 1.29 is 4.74 Å². The van der Waals surface area contributed by atoms with Crippen molar-refractivity contribution in [3.05, 3.63) is 59.2 Å². The molecule has 1 aliphatic heterocycles. The molecule has 148 valence electrons. The van der Waals surface area contributed by atoms with Crippen molar-refractivity contribution in [1.29, 1.82) is 10.8 Å². The van der Waals surface area contributed by atoms with Crippen LogP contribution in [0.25, 0.3) is 0 Å². The predicted molar refractivity (Wildman–Crippen MR) is 109 cm³/mol. The molecule has 1 fully saturated rings. The van der Waals surface area contributed by atoms with Crippen molar-refractivity contribution >= 4 is 5.96 Å². The highest BCUT2D eigenvalue weighted by Crippen LogP contribution is 2.37. The van der Waals surface area contributed by atoms with E-state index in [0.29, 0.717) is 17.2 Å². The van der Waals surface area contributed by atoms with Gasteiger partial charge in [0, 0.05) is 19.1 Å².